The van der Waals surface area contributed by atoms with Crippen molar-refractivity contribution in [3.8, 4) is 0 Å². The average Bonchev–Trinajstić information content (AvgIpc) is 2.91. The number of rotatable bonds is 3. The molecule has 1 saturated heterocycles. The fourth-order valence-corrected chi connectivity index (χ4v) is 3.43. The van der Waals surface area contributed by atoms with E-state index >= 15 is 0 Å². The Balaban J connectivity index is 1.68. The van der Waals surface area contributed by atoms with E-state index in [1.807, 2.05) is 52.0 Å². The highest BCUT2D eigenvalue weighted by atomic mass is 16.6. The molecule has 8 nitrogen and oxygen atoms in total. The molecule has 152 valence electrons. The molecular formula is C20H28N4O4. The smallest absolute Gasteiger partial charge is 0.410 e. The van der Waals surface area contributed by atoms with Crippen molar-refractivity contribution in [2.45, 2.75) is 46.4 Å². The van der Waals surface area contributed by atoms with Crippen molar-refractivity contribution >= 4 is 23.0 Å². The quantitative estimate of drug-likeness (QED) is 0.805. The Morgan fingerprint density at radius 2 is 1.50 bits per heavy atom. The number of nitrogens with zero attached hydrogens (tertiary/aromatic N) is 4. The highest BCUT2D eigenvalue weighted by molar-refractivity contribution is 5.81. The van der Waals surface area contributed by atoms with Gasteiger partial charge in [-0.15, -0.1) is 0 Å². The molecule has 1 aromatic heterocycles. The first-order chi connectivity index (χ1) is 13.2. The van der Waals surface area contributed by atoms with E-state index in [0.717, 1.165) is 11.0 Å². The minimum atomic E-state index is -0.543. The molecule has 1 aromatic carbocycles. The maximum Gasteiger partial charge on any atom is 0.410 e. The summed E-state index contributed by atoms with van der Waals surface area (Å²) in [6.45, 7) is 9.65. The molecule has 28 heavy (non-hydrogen) atoms. The number of imidazole rings is 1. The van der Waals surface area contributed by atoms with Gasteiger partial charge in [0.05, 0.1) is 11.0 Å². The Morgan fingerprint density at radius 3 is 2.04 bits per heavy atom. The normalized spacial score (nSPS) is 15.1. The SMILES string of the molecule is CCn1c(=O)n(CC(=O)N2CCN(C(=O)OC(C)(C)C)CC2)c2ccccc21. The van der Waals surface area contributed by atoms with E-state index in [2.05, 4.69) is 0 Å². The topological polar surface area (TPSA) is 76.8 Å². The van der Waals surface area contributed by atoms with Crippen LogP contribution in [0.15, 0.2) is 29.1 Å². The van der Waals surface area contributed by atoms with Gasteiger partial charge in [0.25, 0.3) is 0 Å². The van der Waals surface area contributed by atoms with Crippen LogP contribution in [0.2, 0.25) is 0 Å². The number of para-hydroxylation sites is 2. The van der Waals surface area contributed by atoms with Gasteiger partial charge < -0.3 is 14.5 Å². The minimum Gasteiger partial charge on any atom is -0.444 e. The number of piperazine rings is 1. The summed E-state index contributed by atoms with van der Waals surface area (Å²) in [7, 11) is 0. The molecule has 0 N–H and O–H groups in total. The Hall–Kier alpha value is -2.77. The molecule has 2 aromatic rings. The van der Waals surface area contributed by atoms with Crippen LogP contribution in [0.3, 0.4) is 0 Å². The molecule has 1 aliphatic heterocycles. The number of fused-ring (bicyclic) bond motifs is 1. The lowest BCUT2D eigenvalue weighted by Crippen LogP contribution is -2.52. The zero-order chi connectivity index (χ0) is 20.5. The van der Waals surface area contributed by atoms with Crippen LogP contribution >= 0.6 is 0 Å². The Morgan fingerprint density at radius 1 is 0.964 bits per heavy atom. The summed E-state index contributed by atoms with van der Waals surface area (Å²) >= 11 is 0. The van der Waals surface area contributed by atoms with Gasteiger partial charge in [0.15, 0.2) is 0 Å². The second-order valence-electron chi connectivity index (χ2n) is 7.95. The highest BCUT2D eigenvalue weighted by Crippen LogP contribution is 2.14. The molecule has 0 aliphatic carbocycles. The Bertz CT molecular complexity index is 930. The first kappa shape index (κ1) is 20.0. The first-order valence-corrected chi connectivity index (χ1v) is 9.65. The van der Waals surface area contributed by atoms with Crippen LogP contribution in [0, 0.1) is 0 Å². The van der Waals surface area contributed by atoms with E-state index < -0.39 is 5.60 Å². The molecule has 1 aliphatic rings. The van der Waals surface area contributed by atoms with E-state index in [0.29, 0.717) is 32.7 Å². The summed E-state index contributed by atoms with van der Waals surface area (Å²) in [6.07, 6.45) is -0.359. The standard InChI is InChI=1S/C20H28N4O4/c1-5-23-15-8-6-7-9-16(15)24(18(23)26)14-17(25)21-10-12-22(13-11-21)19(27)28-20(2,3)4/h6-9H,5,10-14H2,1-4H3. The third-order valence-electron chi connectivity index (χ3n) is 4.82. The van der Waals surface area contributed by atoms with Crippen molar-refractivity contribution in [1.29, 1.82) is 0 Å². The number of aryl methyl sites for hydroxylation is 1. The second kappa shape index (κ2) is 7.69. The molecule has 1 fully saturated rings. The predicted molar refractivity (Wildman–Crippen MR) is 106 cm³/mol. The molecule has 0 saturated carbocycles. The van der Waals surface area contributed by atoms with E-state index in [9.17, 15) is 14.4 Å². The fraction of sp³-hybridized carbons (Fsp3) is 0.550. The van der Waals surface area contributed by atoms with E-state index in [-0.39, 0.29) is 24.2 Å². The van der Waals surface area contributed by atoms with Gasteiger partial charge in [-0.3, -0.25) is 13.9 Å². The van der Waals surface area contributed by atoms with Crippen LogP contribution in [0.25, 0.3) is 11.0 Å². The van der Waals surface area contributed by atoms with Crippen LogP contribution in [0.1, 0.15) is 27.7 Å². The number of hydrogen-bond donors (Lipinski definition) is 0. The summed E-state index contributed by atoms with van der Waals surface area (Å²) in [5.74, 6) is -0.120. The average molecular weight is 388 g/mol. The Kier molecular flexibility index (Phi) is 5.49. The molecule has 2 heterocycles. The second-order valence-corrected chi connectivity index (χ2v) is 7.95. The predicted octanol–water partition coefficient (Wildman–Crippen LogP) is 1.90. The van der Waals surface area contributed by atoms with Crippen LogP contribution < -0.4 is 5.69 Å². The number of hydrogen-bond acceptors (Lipinski definition) is 4. The number of carbonyl (C=O) groups is 2. The number of aromatic nitrogens is 2. The molecule has 8 heteroatoms. The monoisotopic (exact) mass is 388 g/mol. The lowest BCUT2D eigenvalue weighted by molar-refractivity contribution is -0.133. The zero-order valence-electron chi connectivity index (χ0n) is 17.0. The van der Waals surface area contributed by atoms with Crippen molar-refractivity contribution < 1.29 is 14.3 Å². The van der Waals surface area contributed by atoms with Crippen LogP contribution in [0.4, 0.5) is 4.79 Å². The Labute approximate surface area is 164 Å². The van der Waals surface area contributed by atoms with Gasteiger partial charge in [0, 0.05) is 32.7 Å². The molecule has 0 atom stereocenters. The summed E-state index contributed by atoms with van der Waals surface area (Å²) < 4.78 is 8.58. The van der Waals surface area contributed by atoms with Crippen molar-refractivity contribution in [2.75, 3.05) is 26.2 Å². The van der Waals surface area contributed by atoms with Gasteiger partial charge in [-0.2, -0.15) is 0 Å². The van der Waals surface area contributed by atoms with Crippen molar-refractivity contribution in [1.82, 2.24) is 18.9 Å². The highest BCUT2D eigenvalue weighted by Gasteiger charge is 2.28. The van der Waals surface area contributed by atoms with Crippen molar-refractivity contribution in [3.63, 3.8) is 0 Å². The largest absolute Gasteiger partial charge is 0.444 e. The van der Waals surface area contributed by atoms with Gasteiger partial charge in [-0.1, -0.05) is 12.1 Å². The van der Waals surface area contributed by atoms with Crippen LogP contribution in [0.5, 0.6) is 0 Å². The molecular weight excluding hydrogens is 360 g/mol. The van der Waals surface area contributed by atoms with E-state index in [1.54, 1.807) is 14.4 Å². The first-order valence-electron chi connectivity index (χ1n) is 9.65. The van der Waals surface area contributed by atoms with Crippen LogP contribution in [-0.2, 0) is 22.6 Å². The number of ether oxygens (including phenoxy) is 1. The van der Waals surface area contributed by atoms with Gasteiger partial charge in [-0.05, 0) is 39.8 Å². The molecule has 0 bridgehead atoms. The number of amides is 2. The minimum absolute atomic E-state index is 0.00121. The van der Waals surface area contributed by atoms with Gasteiger partial charge in [0.1, 0.15) is 12.1 Å². The number of benzene rings is 1. The lowest BCUT2D eigenvalue weighted by Gasteiger charge is -2.35. The van der Waals surface area contributed by atoms with Crippen LogP contribution in [-0.4, -0.2) is 62.7 Å². The van der Waals surface area contributed by atoms with Gasteiger partial charge in [-0.25, -0.2) is 9.59 Å². The summed E-state index contributed by atoms with van der Waals surface area (Å²) in [5.41, 5.74) is 0.871. The molecule has 0 radical (unpaired) electrons. The molecule has 0 spiro atoms. The van der Waals surface area contributed by atoms with Crippen molar-refractivity contribution in [2.24, 2.45) is 0 Å². The van der Waals surface area contributed by atoms with Gasteiger partial charge in [0.2, 0.25) is 5.91 Å². The summed E-state index contributed by atoms with van der Waals surface area (Å²) in [6, 6.07) is 7.50. The third-order valence-corrected chi connectivity index (χ3v) is 4.82. The maximum absolute atomic E-state index is 12.8. The zero-order valence-corrected chi connectivity index (χ0v) is 17.0. The summed E-state index contributed by atoms with van der Waals surface area (Å²) in [4.78, 5) is 41.0. The molecule has 0 unspecified atom stereocenters. The van der Waals surface area contributed by atoms with Gasteiger partial charge >= 0.3 is 11.8 Å². The third kappa shape index (κ3) is 4.05. The van der Waals surface area contributed by atoms with E-state index in [1.165, 1.54) is 4.57 Å². The molecule has 2 amide bonds. The van der Waals surface area contributed by atoms with Crippen molar-refractivity contribution in [3.05, 3.63) is 34.7 Å². The molecule has 3 rings (SSSR count). The lowest BCUT2D eigenvalue weighted by atomic mass is 10.2. The maximum atomic E-state index is 12.8. The number of carbonyl (C=O) groups excluding carboxylic acids is 2. The summed E-state index contributed by atoms with van der Waals surface area (Å²) in [5, 5.41) is 0. The van der Waals surface area contributed by atoms with E-state index in [4.69, 9.17) is 4.74 Å². The fourth-order valence-electron chi connectivity index (χ4n) is 3.43.